The molecule has 7 nitrogen and oxygen atoms in total. The van der Waals surface area contributed by atoms with Gasteiger partial charge in [-0.1, -0.05) is 0 Å². The Bertz CT molecular complexity index is 1090. The van der Waals surface area contributed by atoms with Gasteiger partial charge in [-0.2, -0.15) is 10.2 Å². The third kappa shape index (κ3) is 1.89. The molecule has 0 atom stereocenters. The summed E-state index contributed by atoms with van der Waals surface area (Å²) < 4.78 is 24.4. The highest BCUT2D eigenvalue weighted by Gasteiger charge is 2.12. The second-order valence-electron chi connectivity index (χ2n) is 4.93. The van der Waals surface area contributed by atoms with Gasteiger partial charge in [0.25, 0.3) is 0 Å². The minimum Gasteiger partial charge on any atom is -0.278 e. The standard InChI is InChI=1S/C14H11N5O2S/c15-22(20,21)11-4-2-10(3-5-11)19-14-9(7-17-19)1-6-13-12(14)8-16-18-13/h1-8H,(H,16,18)(H2,15,20,21). The van der Waals surface area contributed by atoms with Crippen molar-refractivity contribution < 1.29 is 8.42 Å². The molecule has 0 aliphatic carbocycles. The number of nitrogens with zero attached hydrogens (tertiary/aromatic N) is 3. The Balaban J connectivity index is 1.96. The molecule has 4 aromatic rings. The number of sulfonamides is 1. The first-order valence-electron chi connectivity index (χ1n) is 6.47. The highest BCUT2D eigenvalue weighted by molar-refractivity contribution is 7.89. The first kappa shape index (κ1) is 13.0. The van der Waals surface area contributed by atoms with Gasteiger partial charge in [0.1, 0.15) is 0 Å². The zero-order valence-corrected chi connectivity index (χ0v) is 12.1. The average molecular weight is 313 g/mol. The normalized spacial score (nSPS) is 12.2. The number of benzene rings is 2. The Hall–Kier alpha value is -2.71. The van der Waals surface area contributed by atoms with E-state index in [0.717, 1.165) is 27.5 Å². The van der Waals surface area contributed by atoms with Crippen LogP contribution in [0.25, 0.3) is 27.5 Å². The molecule has 2 heterocycles. The van der Waals surface area contributed by atoms with Crippen LogP contribution in [0.3, 0.4) is 0 Å². The summed E-state index contributed by atoms with van der Waals surface area (Å²) in [6.07, 6.45) is 3.50. The summed E-state index contributed by atoms with van der Waals surface area (Å²) in [5.41, 5.74) is 2.57. The van der Waals surface area contributed by atoms with Crippen molar-refractivity contribution in [1.82, 2.24) is 20.0 Å². The molecule has 0 spiro atoms. The fraction of sp³-hybridized carbons (Fsp3) is 0. The van der Waals surface area contributed by atoms with E-state index in [1.807, 2.05) is 12.1 Å². The fourth-order valence-electron chi connectivity index (χ4n) is 2.51. The van der Waals surface area contributed by atoms with Crippen molar-refractivity contribution in [1.29, 1.82) is 0 Å². The van der Waals surface area contributed by atoms with E-state index in [1.165, 1.54) is 12.1 Å². The van der Waals surface area contributed by atoms with Crippen molar-refractivity contribution in [3.63, 3.8) is 0 Å². The van der Waals surface area contributed by atoms with Crippen LogP contribution in [0, 0.1) is 0 Å². The SMILES string of the molecule is NS(=O)(=O)c1ccc(-n2ncc3ccc4[nH]ncc4c32)cc1. The van der Waals surface area contributed by atoms with Gasteiger partial charge in [0.15, 0.2) is 0 Å². The molecule has 2 aromatic carbocycles. The third-order valence-corrected chi connectivity index (χ3v) is 4.49. The number of hydrogen-bond donors (Lipinski definition) is 2. The van der Waals surface area contributed by atoms with E-state index in [-0.39, 0.29) is 4.90 Å². The molecule has 4 rings (SSSR count). The average Bonchev–Trinajstić information content (AvgIpc) is 3.12. The predicted octanol–water partition coefficient (Wildman–Crippen LogP) is 1.55. The summed E-state index contributed by atoms with van der Waals surface area (Å²) in [6.45, 7) is 0. The number of nitrogens with two attached hydrogens (primary N) is 1. The Morgan fingerprint density at radius 2 is 1.82 bits per heavy atom. The molecular formula is C14H11N5O2S. The summed E-state index contributed by atoms with van der Waals surface area (Å²) in [5.74, 6) is 0. The van der Waals surface area contributed by atoms with Gasteiger partial charge >= 0.3 is 0 Å². The Morgan fingerprint density at radius 1 is 1.05 bits per heavy atom. The number of rotatable bonds is 2. The van der Waals surface area contributed by atoms with Crippen LogP contribution in [-0.4, -0.2) is 28.4 Å². The smallest absolute Gasteiger partial charge is 0.238 e. The zero-order valence-electron chi connectivity index (χ0n) is 11.3. The quantitative estimate of drug-likeness (QED) is 0.585. The number of aromatic amines is 1. The van der Waals surface area contributed by atoms with Crippen LogP contribution in [0.15, 0.2) is 53.7 Å². The molecule has 2 aromatic heterocycles. The fourth-order valence-corrected chi connectivity index (χ4v) is 3.03. The molecule has 110 valence electrons. The summed E-state index contributed by atoms with van der Waals surface area (Å²) in [5, 5.41) is 18.4. The van der Waals surface area contributed by atoms with Gasteiger partial charge in [-0.05, 0) is 36.4 Å². The van der Waals surface area contributed by atoms with Gasteiger partial charge < -0.3 is 0 Å². The molecular weight excluding hydrogens is 302 g/mol. The van der Waals surface area contributed by atoms with Crippen molar-refractivity contribution in [2.75, 3.05) is 0 Å². The summed E-state index contributed by atoms with van der Waals surface area (Å²) in [6, 6.07) is 10.2. The van der Waals surface area contributed by atoms with Crippen LogP contribution < -0.4 is 5.14 Å². The number of hydrogen-bond acceptors (Lipinski definition) is 4. The van der Waals surface area contributed by atoms with E-state index in [1.54, 1.807) is 29.2 Å². The first-order chi connectivity index (χ1) is 10.5. The number of fused-ring (bicyclic) bond motifs is 3. The lowest BCUT2D eigenvalue weighted by Gasteiger charge is -2.05. The van der Waals surface area contributed by atoms with Crippen molar-refractivity contribution >= 4 is 31.8 Å². The van der Waals surface area contributed by atoms with Crippen LogP contribution in [-0.2, 0) is 10.0 Å². The van der Waals surface area contributed by atoms with Crippen molar-refractivity contribution in [2.45, 2.75) is 4.90 Å². The molecule has 22 heavy (non-hydrogen) atoms. The second kappa shape index (κ2) is 4.39. The van der Waals surface area contributed by atoms with Gasteiger partial charge in [0.2, 0.25) is 10.0 Å². The monoisotopic (exact) mass is 313 g/mol. The topological polar surface area (TPSA) is 107 Å². The van der Waals surface area contributed by atoms with Gasteiger partial charge in [-0.15, -0.1) is 0 Å². The van der Waals surface area contributed by atoms with Crippen LogP contribution in [0.2, 0.25) is 0 Å². The second-order valence-corrected chi connectivity index (χ2v) is 6.49. The van der Waals surface area contributed by atoms with E-state index in [4.69, 9.17) is 5.14 Å². The van der Waals surface area contributed by atoms with Crippen LogP contribution >= 0.6 is 0 Å². The highest BCUT2D eigenvalue weighted by Crippen LogP contribution is 2.26. The van der Waals surface area contributed by atoms with Crippen molar-refractivity contribution in [3.05, 3.63) is 48.8 Å². The lowest BCUT2D eigenvalue weighted by Crippen LogP contribution is -2.12. The molecule has 0 saturated carbocycles. The molecule has 8 heteroatoms. The maximum Gasteiger partial charge on any atom is 0.238 e. The first-order valence-corrected chi connectivity index (χ1v) is 8.02. The molecule has 0 unspecified atom stereocenters. The zero-order chi connectivity index (χ0) is 15.3. The van der Waals surface area contributed by atoms with E-state index in [2.05, 4.69) is 15.3 Å². The van der Waals surface area contributed by atoms with Crippen LogP contribution in [0.1, 0.15) is 0 Å². The summed E-state index contributed by atoms with van der Waals surface area (Å²) in [4.78, 5) is 0.0705. The predicted molar refractivity (Wildman–Crippen MR) is 82.1 cm³/mol. The highest BCUT2D eigenvalue weighted by atomic mass is 32.2. The van der Waals surface area contributed by atoms with Crippen LogP contribution in [0.5, 0.6) is 0 Å². The molecule has 0 aliphatic heterocycles. The van der Waals surface area contributed by atoms with Crippen molar-refractivity contribution in [2.24, 2.45) is 5.14 Å². The summed E-state index contributed by atoms with van der Waals surface area (Å²) in [7, 11) is -3.70. The van der Waals surface area contributed by atoms with Gasteiger partial charge in [-0.3, -0.25) is 5.10 Å². The Morgan fingerprint density at radius 3 is 2.55 bits per heavy atom. The Kier molecular flexibility index (Phi) is 2.59. The molecule has 0 aliphatic rings. The maximum absolute atomic E-state index is 11.3. The number of H-pyrrole nitrogens is 1. The number of aromatic nitrogens is 4. The maximum atomic E-state index is 11.3. The van der Waals surface area contributed by atoms with E-state index in [9.17, 15) is 8.42 Å². The molecule has 0 radical (unpaired) electrons. The Labute approximate surface area is 125 Å². The molecule has 0 amide bonds. The van der Waals surface area contributed by atoms with Gasteiger partial charge in [-0.25, -0.2) is 18.2 Å². The molecule has 0 bridgehead atoms. The largest absolute Gasteiger partial charge is 0.278 e. The molecule has 0 fully saturated rings. The summed E-state index contributed by atoms with van der Waals surface area (Å²) >= 11 is 0. The lowest BCUT2D eigenvalue weighted by atomic mass is 10.2. The van der Waals surface area contributed by atoms with Gasteiger partial charge in [0, 0.05) is 10.8 Å². The minimum atomic E-state index is -3.70. The number of nitrogens with one attached hydrogen (secondary N) is 1. The number of primary sulfonamides is 1. The third-order valence-electron chi connectivity index (χ3n) is 3.56. The van der Waals surface area contributed by atoms with Crippen molar-refractivity contribution in [3.8, 4) is 5.69 Å². The minimum absolute atomic E-state index is 0.0705. The lowest BCUT2D eigenvalue weighted by molar-refractivity contribution is 0.598. The van der Waals surface area contributed by atoms with Crippen LogP contribution in [0.4, 0.5) is 0 Å². The van der Waals surface area contributed by atoms with E-state index < -0.39 is 10.0 Å². The van der Waals surface area contributed by atoms with E-state index in [0.29, 0.717) is 0 Å². The van der Waals surface area contributed by atoms with E-state index >= 15 is 0 Å². The van der Waals surface area contributed by atoms with Gasteiger partial charge in [0.05, 0.1) is 34.0 Å². The molecule has 3 N–H and O–H groups in total. The molecule has 0 saturated heterocycles.